The quantitative estimate of drug-likeness (QED) is 0.883. The first kappa shape index (κ1) is 13.4. The molecule has 0 unspecified atom stereocenters. The number of hydrogen-bond acceptors (Lipinski definition) is 2. The van der Waals surface area contributed by atoms with Gasteiger partial charge in [-0.1, -0.05) is 25.1 Å². The van der Waals surface area contributed by atoms with E-state index in [1.165, 1.54) is 29.7 Å². The molecule has 0 aromatic heterocycles. The van der Waals surface area contributed by atoms with Crippen LogP contribution >= 0.6 is 0 Å². The highest BCUT2D eigenvalue weighted by molar-refractivity contribution is 5.59. The van der Waals surface area contributed by atoms with Crippen molar-refractivity contribution in [2.45, 2.75) is 39.5 Å². The van der Waals surface area contributed by atoms with Gasteiger partial charge in [0.1, 0.15) is 0 Å². The summed E-state index contributed by atoms with van der Waals surface area (Å²) in [5.74, 6) is 0.723. The molecule has 0 radical (unpaired) electrons. The Labute approximate surface area is 111 Å². The second kappa shape index (κ2) is 6.24. The first-order valence-corrected chi connectivity index (χ1v) is 7.20. The van der Waals surface area contributed by atoms with Gasteiger partial charge in [-0.3, -0.25) is 0 Å². The van der Waals surface area contributed by atoms with E-state index in [4.69, 9.17) is 5.11 Å². The number of rotatable bonds is 4. The van der Waals surface area contributed by atoms with Gasteiger partial charge in [0.2, 0.25) is 0 Å². The van der Waals surface area contributed by atoms with Crippen LogP contribution in [0.5, 0.6) is 0 Å². The molecule has 0 saturated carbocycles. The van der Waals surface area contributed by atoms with Crippen molar-refractivity contribution in [1.29, 1.82) is 0 Å². The second-order valence-electron chi connectivity index (χ2n) is 5.38. The number of aliphatic hydroxyl groups excluding tert-OH is 1. The van der Waals surface area contributed by atoms with Crippen molar-refractivity contribution in [2.75, 3.05) is 24.6 Å². The van der Waals surface area contributed by atoms with Crippen LogP contribution in [0.15, 0.2) is 18.2 Å². The maximum Gasteiger partial charge on any atom is 0.0433 e. The molecule has 0 bridgehead atoms. The predicted octanol–water partition coefficient (Wildman–Crippen LogP) is 3.16. The number of benzene rings is 1. The van der Waals surface area contributed by atoms with Gasteiger partial charge in [-0.05, 0) is 49.7 Å². The van der Waals surface area contributed by atoms with Gasteiger partial charge in [0.25, 0.3) is 0 Å². The Morgan fingerprint density at radius 2 is 2.00 bits per heavy atom. The Bertz CT molecular complexity index is 381. The molecule has 1 aromatic rings. The third kappa shape index (κ3) is 2.86. The lowest BCUT2D eigenvalue weighted by Gasteiger charge is -2.35. The average Bonchev–Trinajstić information content (AvgIpc) is 2.40. The Hall–Kier alpha value is -1.02. The zero-order chi connectivity index (χ0) is 13.0. The van der Waals surface area contributed by atoms with Crippen LogP contribution in [0.2, 0.25) is 0 Å². The molecular weight excluding hydrogens is 222 g/mol. The minimum Gasteiger partial charge on any atom is -0.396 e. The molecule has 100 valence electrons. The third-order valence-corrected chi connectivity index (χ3v) is 4.17. The fourth-order valence-corrected chi connectivity index (χ4v) is 3.09. The summed E-state index contributed by atoms with van der Waals surface area (Å²) >= 11 is 0. The normalized spacial score (nSPS) is 17.2. The van der Waals surface area contributed by atoms with Crippen molar-refractivity contribution >= 4 is 5.69 Å². The first-order chi connectivity index (χ1) is 8.76. The van der Waals surface area contributed by atoms with Crippen LogP contribution in [0.1, 0.15) is 37.3 Å². The van der Waals surface area contributed by atoms with Crippen LogP contribution in [0, 0.1) is 12.8 Å². The van der Waals surface area contributed by atoms with E-state index >= 15 is 0 Å². The predicted molar refractivity (Wildman–Crippen MR) is 77.2 cm³/mol. The number of para-hydroxylation sites is 1. The van der Waals surface area contributed by atoms with Crippen molar-refractivity contribution in [2.24, 2.45) is 5.92 Å². The summed E-state index contributed by atoms with van der Waals surface area (Å²) in [5, 5.41) is 9.01. The van der Waals surface area contributed by atoms with E-state index in [0.29, 0.717) is 6.61 Å². The zero-order valence-electron chi connectivity index (χ0n) is 11.7. The number of nitrogens with zero attached hydrogens (tertiary/aromatic N) is 1. The molecule has 0 spiro atoms. The van der Waals surface area contributed by atoms with Crippen molar-refractivity contribution < 1.29 is 5.11 Å². The molecule has 0 amide bonds. The van der Waals surface area contributed by atoms with Crippen molar-refractivity contribution in [3.63, 3.8) is 0 Å². The molecule has 1 aliphatic rings. The molecule has 0 atom stereocenters. The SMILES string of the molecule is CCc1cccc(C)c1N1CCC(CCO)CC1. The maximum absolute atomic E-state index is 9.01. The molecule has 1 aromatic carbocycles. The van der Waals surface area contributed by atoms with Gasteiger partial charge in [0.05, 0.1) is 0 Å². The summed E-state index contributed by atoms with van der Waals surface area (Å²) in [5.41, 5.74) is 4.33. The van der Waals surface area contributed by atoms with Crippen LogP contribution in [-0.4, -0.2) is 24.8 Å². The molecule has 2 nitrogen and oxygen atoms in total. The Balaban J connectivity index is 2.09. The highest BCUT2D eigenvalue weighted by Gasteiger charge is 2.21. The number of anilines is 1. The Morgan fingerprint density at radius 3 is 2.61 bits per heavy atom. The summed E-state index contributed by atoms with van der Waals surface area (Å²) < 4.78 is 0. The third-order valence-electron chi connectivity index (χ3n) is 4.17. The number of hydrogen-bond donors (Lipinski definition) is 1. The van der Waals surface area contributed by atoms with Gasteiger partial charge in [-0.25, -0.2) is 0 Å². The summed E-state index contributed by atoms with van der Waals surface area (Å²) in [6, 6.07) is 6.63. The van der Waals surface area contributed by atoms with Crippen LogP contribution in [0.3, 0.4) is 0 Å². The maximum atomic E-state index is 9.01. The van der Waals surface area contributed by atoms with Gasteiger partial charge < -0.3 is 10.0 Å². The average molecular weight is 247 g/mol. The molecule has 1 saturated heterocycles. The van der Waals surface area contributed by atoms with Crippen LogP contribution < -0.4 is 4.90 Å². The molecule has 18 heavy (non-hydrogen) atoms. The fraction of sp³-hybridized carbons (Fsp3) is 0.625. The van der Waals surface area contributed by atoms with Gasteiger partial charge in [-0.2, -0.15) is 0 Å². The van der Waals surface area contributed by atoms with Crippen LogP contribution in [-0.2, 0) is 6.42 Å². The minimum absolute atomic E-state index is 0.343. The molecule has 1 N–H and O–H groups in total. The molecule has 2 rings (SSSR count). The van der Waals surface area contributed by atoms with Crippen molar-refractivity contribution in [3.8, 4) is 0 Å². The van der Waals surface area contributed by atoms with E-state index < -0.39 is 0 Å². The van der Waals surface area contributed by atoms with Gasteiger partial charge in [0, 0.05) is 25.4 Å². The molecule has 1 heterocycles. The van der Waals surface area contributed by atoms with Crippen LogP contribution in [0.25, 0.3) is 0 Å². The number of aryl methyl sites for hydroxylation is 2. The van der Waals surface area contributed by atoms with Crippen molar-refractivity contribution in [1.82, 2.24) is 0 Å². The fourth-order valence-electron chi connectivity index (χ4n) is 3.09. The number of aliphatic hydroxyl groups is 1. The van der Waals surface area contributed by atoms with Crippen LogP contribution in [0.4, 0.5) is 5.69 Å². The molecular formula is C16H25NO. The topological polar surface area (TPSA) is 23.5 Å². The van der Waals surface area contributed by atoms with Gasteiger partial charge >= 0.3 is 0 Å². The highest BCUT2D eigenvalue weighted by atomic mass is 16.3. The van der Waals surface area contributed by atoms with E-state index in [1.54, 1.807) is 0 Å². The van der Waals surface area contributed by atoms with E-state index in [0.717, 1.165) is 31.8 Å². The second-order valence-corrected chi connectivity index (χ2v) is 5.38. The summed E-state index contributed by atoms with van der Waals surface area (Å²) in [7, 11) is 0. The van der Waals surface area contributed by atoms with E-state index in [1.807, 2.05) is 0 Å². The lowest BCUT2D eigenvalue weighted by atomic mass is 9.92. The smallest absolute Gasteiger partial charge is 0.0433 e. The Kier molecular flexibility index (Phi) is 4.65. The largest absolute Gasteiger partial charge is 0.396 e. The monoisotopic (exact) mass is 247 g/mol. The summed E-state index contributed by atoms with van der Waals surface area (Å²) in [6.07, 6.45) is 4.52. The van der Waals surface area contributed by atoms with Gasteiger partial charge in [0.15, 0.2) is 0 Å². The molecule has 1 fully saturated rings. The summed E-state index contributed by atoms with van der Waals surface area (Å²) in [6.45, 7) is 7.07. The molecule has 0 aliphatic carbocycles. The lowest BCUT2D eigenvalue weighted by Crippen LogP contribution is -2.35. The van der Waals surface area contributed by atoms with E-state index in [9.17, 15) is 0 Å². The molecule has 1 aliphatic heterocycles. The van der Waals surface area contributed by atoms with E-state index in [-0.39, 0.29) is 0 Å². The minimum atomic E-state index is 0.343. The standard InChI is InChI=1S/C16H25NO/c1-3-15-6-4-5-13(2)16(15)17-10-7-14(8-11-17)9-12-18/h4-6,14,18H,3,7-12H2,1-2H3. The number of piperidine rings is 1. The first-order valence-electron chi connectivity index (χ1n) is 7.20. The lowest BCUT2D eigenvalue weighted by molar-refractivity contribution is 0.240. The van der Waals surface area contributed by atoms with E-state index in [2.05, 4.69) is 36.9 Å². The summed E-state index contributed by atoms with van der Waals surface area (Å²) in [4.78, 5) is 2.54. The van der Waals surface area contributed by atoms with Gasteiger partial charge in [-0.15, -0.1) is 0 Å². The molecule has 2 heteroatoms. The van der Waals surface area contributed by atoms with Crippen molar-refractivity contribution in [3.05, 3.63) is 29.3 Å². The Morgan fingerprint density at radius 1 is 1.28 bits per heavy atom. The highest BCUT2D eigenvalue weighted by Crippen LogP contribution is 2.30. The zero-order valence-corrected chi connectivity index (χ0v) is 11.7.